The molecule has 0 aliphatic rings. The summed E-state index contributed by atoms with van der Waals surface area (Å²) in [5.41, 5.74) is -1.26. The summed E-state index contributed by atoms with van der Waals surface area (Å²) in [7, 11) is -3.52. The number of Topliss-reactive ketones (excluding diaryl/α,β-unsaturated/α-hetero) is 1. The molecule has 0 aliphatic carbocycles. The molecule has 10 heteroatoms. The van der Waals surface area contributed by atoms with Gasteiger partial charge in [-0.2, -0.15) is 18.3 Å². The maximum absolute atomic E-state index is 14.3. The van der Waals surface area contributed by atoms with Gasteiger partial charge in [-0.1, -0.05) is 31.2 Å². The molecule has 3 rings (SSSR count). The lowest BCUT2D eigenvalue weighted by Crippen LogP contribution is -2.24. The van der Waals surface area contributed by atoms with E-state index < -0.39 is 39.3 Å². The maximum atomic E-state index is 14.3. The summed E-state index contributed by atoms with van der Waals surface area (Å²) in [6.45, 7) is 2.76. The molecular formula is C22H20F4N2O3S. The van der Waals surface area contributed by atoms with Crippen molar-refractivity contribution in [1.29, 1.82) is 0 Å². The molecule has 0 bridgehead atoms. The van der Waals surface area contributed by atoms with E-state index in [9.17, 15) is 30.8 Å². The van der Waals surface area contributed by atoms with Gasteiger partial charge in [-0.25, -0.2) is 17.5 Å². The first-order valence-corrected chi connectivity index (χ1v) is 11.5. The number of nitrogens with zero attached hydrogens (tertiary/aromatic N) is 2. The summed E-state index contributed by atoms with van der Waals surface area (Å²) < 4.78 is 80.4. The minimum Gasteiger partial charge on any atom is -0.298 e. The van der Waals surface area contributed by atoms with Crippen molar-refractivity contribution in [2.45, 2.75) is 37.4 Å². The van der Waals surface area contributed by atoms with Crippen LogP contribution in [0.15, 0.2) is 53.4 Å². The van der Waals surface area contributed by atoms with Gasteiger partial charge in [-0.3, -0.25) is 4.79 Å². The lowest BCUT2D eigenvalue weighted by Gasteiger charge is -2.18. The third-order valence-corrected chi connectivity index (χ3v) is 6.15. The minimum absolute atomic E-state index is 0.00442. The second kappa shape index (κ2) is 8.50. The van der Waals surface area contributed by atoms with Crippen LogP contribution in [0.3, 0.4) is 0 Å². The Hall–Kier alpha value is -3.01. The predicted molar refractivity (Wildman–Crippen MR) is 111 cm³/mol. The normalized spacial score (nSPS) is 13.2. The van der Waals surface area contributed by atoms with Crippen molar-refractivity contribution in [2.24, 2.45) is 0 Å². The van der Waals surface area contributed by atoms with Gasteiger partial charge in [0.05, 0.1) is 4.90 Å². The average Bonchev–Trinajstić information content (AvgIpc) is 3.09. The number of hydrogen-bond donors (Lipinski definition) is 0. The lowest BCUT2D eigenvalue weighted by molar-refractivity contribution is -0.145. The fourth-order valence-corrected chi connectivity index (χ4v) is 4.15. The smallest absolute Gasteiger partial charge is 0.298 e. The van der Waals surface area contributed by atoms with Crippen molar-refractivity contribution in [1.82, 2.24) is 9.78 Å². The first-order valence-electron chi connectivity index (χ1n) is 9.61. The number of hydrogen-bond acceptors (Lipinski definition) is 4. The highest BCUT2D eigenvalue weighted by molar-refractivity contribution is 7.90. The Morgan fingerprint density at radius 3 is 2.00 bits per heavy atom. The number of ketones is 1. The zero-order valence-corrected chi connectivity index (χ0v) is 18.3. The molecule has 170 valence electrons. The van der Waals surface area contributed by atoms with E-state index in [4.69, 9.17) is 0 Å². The van der Waals surface area contributed by atoms with E-state index in [0.29, 0.717) is 4.68 Å². The SMILES string of the molecule is CCC(C(C)=O)n1nc(-c2ccc(S(C)(=O)=O)cc2)c(-c2ccc(F)cc2)c1C(F)(F)F. The Balaban J connectivity index is 2.38. The van der Waals surface area contributed by atoms with Gasteiger partial charge in [0.25, 0.3) is 0 Å². The van der Waals surface area contributed by atoms with Crippen molar-refractivity contribution in [3.63, 3.8) is 0 Å². The molecule has 1 aromatic heterocycles. The highest BCUT2D eigenvalue weighted by atomic mass is 32.2. The fraction of sp³-hybridized carbons (Fsp3) is 0.273. The molecule has 1 atom stereocenters. The van der Waals surface area contributed by atoms with E-state index in [2.05, 4.69) is 5.10 Å². The number of alkyl halides is 3. The van der Waals surface area contributed by atoms with Crippen LogP contribution in [-0.4, -0.2) is 30.2 Å². The summed E-state index contributed by atoms with van der Waals surface area (Å²) >= 11 is 0. The Morgan fingerprint density at radius 2 is 1.56 bits per heavy atom. The molecule has 32 heavy (non-hydrogen) atoms. The predicted octanol–water partition coefficient (Wildman–Crippen LogP) is 5.32. The van der Waals surface area contributed by atoms with Crippen LogP contribution in [0.25, 0.3) is 22.4 Å². The van der Waals surface area contributed by atoms with Crippen LogP contribution in [0.5, 0.6) is 0 Å². The Kier molecular flexibility index (Phi) is 6.28. The third-order valence-electron chi connectivity index (χ3n) is 5.02. The van der Waals surface area contributed by atoms with Gasteiger partial charge < -0.3 is 0 Å². The van der Waals surface area contributed by atoms with Crippen molar-refractivity contribution in [3.8, 4) is 22.4 Å². The summed E-state index contributed by atoms with van der Waals surface area (Å²) in [4.78, 5) is 12.1. The largest absolute Gasteiger partial charge is 0.433 e. The highest BCUT2D eigenvalue weighted by Gasteiger charge is 2.42. The van der Waals surface area contributed by atoms with Crippen molar-refractivity contribution >= 4 is 15.6 Å². The molecule has 0 saturated heterocycles. The van der Waals surface area contributed by atoms with Gasteiger partial charge in [0, 0.05) is 17.4 Å². The van der Waals surface area contributed by atoms with E-state index >= 15 is 0 Å². The highest BCUT2D eigenvalue weighted by Crippen LogP contribution is 2.44. The molecule has 0 saturated carbocycles. The molecule has 0 fully saturated rings. The van der Waals surface area contributed by atoms with E-state index in [0.717, 1.165) is 18.4 Å². The summed E-state index contributed by atoms with van der Waals surface area (Å²) in [6, 6.07) is 8.56. The van der Waals surface area contributed by atoms with Crippen LogP contribution < -0.4 is 0 Å². The molecule has 1 heterocycles. The third kappa shape index (κ3) is 4.59. The van der Waals surface area contributed by atoms with Crippen LogP contribution >= 0.6 is 0 Å². The zero-order chi connectivity index (χ0) is 23.8. The summed E-state index contributed by atoms with van der Waals surface area (Å²) in [5, 5.41) is 4.16. The van der Waals surface area contributed by atoms with Gasteiger partial charge >= 0.3 is 6.18 Å². The summed E-state index contributed by atoms with van der Waals surface area (Å²) in [5.74, 6) is -1.12. The lowest BCUT2D eigenvalue weighted by atomic mass is 9.98. The van der Waals surface area contributed by atoms with Crippen LogP contribution in [0, 0.1) is 5.82 Å². The van der Waals surface area contributed by atoms with E-state index in [1.165, 1.54) is 43.3 Å². The van der Waals surface area contributed by atoms with Gasteiger partial charge in [0.1, 0.15) is 17.6 Å². The molecule has 3 aromatic rings. The molecule has 0 aliphatic heterocycles. The van der Waals surface area contributed by atoms with Crippen LogP contribution in [-0.2, 0) is 20.8 Å². The fourth-order valence-electron chi connectivity index (χ4n) is 3.52. The molecule has 1 unspecified atom stereocenters. The standard InChI is InChI=1S/C22H20F4N2O3S/c1-4-18(13(2)29)28-21(22(24,25)26)19(14-5-9-16(23)10-6-14)20(27-28)15-7-11-17(12-8-15)32(3,30)31/h5-12,18H,4H2,1-3H3. The van der Waals surface area contributed by atoms with E-state index in [1.807, 2.05) is 0 Å². The van der Waals surface area contributed by atoms with Crippen molar-refractivity contribution in [2.75, 3.05) is 6.26 Å². The first-order chi connectivity index (χ1) is 14.8. The van der Waals surface area contributed by atoms with Gasteiger partial charge in [0.15, 0.2) is 21.3 Å². The molecule has 2 aromatic carbocycles. The van der Waals surface area contributed by atoms with Crippen molar-refractivity contribution in [3.05, 3.63) is 60.0 Å². The second-order valence-corrected chi connectivity index (χ2v) is 9.37. The quantitative estimate of drug-likeness (QED) is 0.459. The second-order valence-electron chi connectivity index (χ2n) is 7.35. The van der Waals surface area contributed by atoms with Crippen LogP contribution in [0.1, 0.15) is 32.0 Å². The van der Waals surface area contributed by atoms with Crippen LogP contribution in [0.4, 0.5) is 17.6 Å². The zero-order valence-electron chi connectivity index (χ0n) is 17.4. The van der Waals surface area contributed by atoms with Crippen molar-refractivity contribution < 1.29 is 30.8 Å². The molecular weight excluding hydrogens is 448 g/mol. The Morgan fingerprint density at radius 1 is 1.03 bits per heavy atom. The maximum Gasteiger partial charge on any atom is 0.433 e. The number of benzene rings is 2. The number of sulfone groups is 1. The van der Waals surface area contributed by atoms with Gasteiger partial charge in [-0.05, 0) is 43.2 Å². The van der Waals surface area contributed by atoms with Gasteiger partial charge in [0.2, 0.25) is 0 Å². The molecule has 0 amide bonds. The minimum atomic E-state index is -4.87. The number of carbonyl (C=O) groups is 1. The number of rotatable bonds is 6. The Bertz CT molecular complexity index is 1250. The molecule has 0 radical (unpaired) electrons. The monoisotopic (exact) mass is 468 g/mol. The topological polar surface area (TPSA) is 69.0 Å². The first kappa shape index (κ1) is 23.6. The summed E-state index contributed by atoms with van der Waals surface area (Å²) in [6.07, 6.45) is -3.78. The van der Waals surface area contributed by atoms with Crippen LogP contribution in [0.2, 0.25) is 0 Å². The number of halogens is 4. The number of carbonyl (C=O) groups excluding carboxylic acids is 1. The number of aromatic nitrogens is 2. The average molecular weight is 468 g/mol. The van der Waals surface area contributed by atoms with E-state index in [1.54, 1.807) is 6.92 Å². The van der Waals surface area contributed by atoms with Gasteiger partial charge in [-0.15, -0.1) is 0 Å². The Labute approximate surface area is 182 Å². The molecule has 0 spiro atoms. The molecule has 0 N–H and O–H groups in total. The molecule has 5 nitrogen and oxygen atoms in total. The van der Waals surface area contributed by atoms with E-state index in [-0.39, 0.29) is 33.7 Å².